The standard InChI is InChI=1S/C45H41N3/c1-4-31(29-46)35-17-10-12-30(26-35)20-25-42(48-44(47)34-13-6-5-7-14-34)33-23-21-32(22-24-33)38-18-11-19-40-43(38)39-27-36-15-8-9-16-37(36)28-41(39)45(40,2)3/h4-19,21-29,44,46,48H,20,47H2,1-3H3/b31-4+,42-25-,46-29?. The number of allylic oxidation sites excluding steroid dienone is 3. The third-order valence-corrected chi connectivity index (χ3v) is 9.81. The SMILES string of the molecule is C/C=C(\C=N)c1cccc(C/C=C(\NC(N)c2ccccc2)c2ccc(-c3cccc4c3-c3cc5ccccc5cc3C4(C)C)cc2)c1. The first-order chi connectivity index (χ1) is 23.4. The highest BCUT2D eigenvalue weighted by Crippen LogP contribution is 2.53. The molecule has 0 saturated heterocycles. The summed E-state index contributed by atoms with van der Waals surface area (Å²) in [6.07, 6.45) is 5.97. The van der Waals surface area contributed by atoms with Crippen molar-refractivity contribution >= 4 is 28.3 Å². The van der Waals surface area contributed by atoms with Crippen molar-refractivity contribution in [1.82, 2.24) is 5.32 Å². The first-order valence-electron chi connectivity index (χ1n) is 16.7. The summed E-state index contributed by atoms with van der Waals surface area (Å²) < 4.78 is 0. The second-order valence-corrected chi connectivity index (χ2v) is 13.1. The summed E-state index contributed by atoms with van der Waals surface area (Å²) in [4.78, 5) is 0. The van der Waals surface area contributed by atoms with Crippen LogP contribution in [0.4, 0.5) is 0 Å². The zero-order chi connectivity index (χ0) is 33.3. The van der Waals surface area contributed by atoms with E-state index in [2.05, 4.69) is 141 Å². The predicted molar refractivity (Wildman–Crippen MR) is 204 cm³/mol. The molecule has 0 spiro atoms. The van der Waals surface area contributed by atoms with Crippen molar-refractivity contribution in [2.45, 2.75) is 38.8 Å². The molecular formula is C45H41N3. The molecule has 236 valence electrons. The molecule has 6 aromatic carbocycles. The molecule has 6 aromatic rings. The largest absolute Gasteiger partial charge is 0.366 e. The van der Waals surface area contributed by atoms with Gasteiger partial charge in [0.05, 0.1) is 0 Å². The molecule has 4 N–H and O–H groups in total. The smallest absolute Gasteiger partial charge is 0.101 e. The van der Waals surface area contributed by atoms with Crippen LogP contribution in [0.5, 0.6) is 0 Å². The highest BCUT2D eigenvalue weighted by atomic mass is 15.0. The van der Waals surface area contributed by atoms with Crippen molar-refractivity contribution in [1.29, 1.82) is 5.41 Å². The van der Waals surface area contributed by atoms with Crippen LogP contribution >= 0.6 is 0 Å². The van der Waals surface area contributed by atoms with Crippen molar-refractivity contribution < 1.29 is 0 Å². The highest BCUT2D eigenvalue weighted by Gasteiger charge is 2.37. The van der Waals surface area contributed by atoms with Gasteiger partial charge in [0.1, 0.15) is 6.17 Å². The molecule has 7 rings (SSSR count). The molecule has 3 nitrogen and oxygen atoms in total. The van der Waals surface area contributed by atoms with Crippen LogP contribution in [0.2, 0.25) is 0 Å². The topological polar surface area (TPSA) is 61.9 Å². The summed E-state index contributed by atoms with van der Waals surface area (Å²) in [7, 11) is 0. The fourth-order valence-corrected chi connectivity index (χ4v) is 7.14. The number of rotatable bonds is 9. The summed E-state index contributed by atoms with van der Waals surface area (Å²) in [5.74, 6) is 0. The van der Waals surface area contributed by atoms with Gasteiger partial charge in [0.25, 0.3) is 0 Å². The molecule has 48 heavy (non-hydrogen) atoms. The summed E-state index contributed by atoms with van der Waals surface area (Å²) >= 11 is 0. The van der Waals surface area contributed by atoms with Crippen LogP contribution in [0.3, 0.4) is 0 Å². The van der Waals surface area contributed by atoms with E-state index >= 15 is 0 Å². The molecule has 0 radical (unpaired) electrons. The van der Waals surface area contributed by atoms with E-state index < -0.39 is 0 Å². The van der Waals surface area contributed by atoms with Gasteiger partial charge in [-0.2, -0.15) is 0 Å². The molecule has 0 fully saturated rings. The number of hydrogen-bond donors (Lipinski definition) is 3. The Morgan fingerprint density at radius 2 is 1.44 bits per heavy atom. The molecule has 0 aromatic heterocycles. The summed E-state index contributed by atoms with van der Waals surface area (Å²) in [5, 5.41) is 14.0. The zero-order valence-electron chi connectivity index (χ0n) is 27.8. The molecule has 3 heteroatoms. The van der Waals surface area contributed by atoms with Crippen LogP contribution in [-0.2, 0) is 11.8 Å². The zero-order valence-corrected chi connectivity index (χ0v) is 27.8. The van der Waals surface area contributed by atoms with E-state index in [1.54, 1.807) is 0 Å². The van der Waals surface area contributed by atoms with Crippen LogP contribution in [-0.4, -0.2) is 6.21 Å². The lowest BCUT2D eigenvalue weighted by molar-refractivity contribution is 0.661. The molecule has 0 saturated carbocycles. The van der Waals surface area contributed by atoms with E-state index in [9.17, 15) is 0 Å². The van der Waals surface area contributed by atoms with Gasteiger partial charge in [0.15, 0.2) is 0 Å². The van der Waals surface area contributed by atoms with Gasteiger partial charge < -0.3 is 16.5 Å². The number of nitrogens with two attached hydrogens (primary N) is 1. The summed E-state index contributed by atoms with van der Waals surface area (Å²) in [6, 6.07) is 47.6. The molecule has 1 atom stereocenters. The van der Waals surface area contributed by atoms with Gasteiger partial charge in [-0.3, -0.25) is 0 Å². The Hall–Kier alpha value is -5.51. The van der Waals surface area contributed by atoms with Gasteiger partial charge in [-0.05, 0) is 97.5 Å². The number of benzene rings is 6. The predicted octanol–water partition coefficient (Wildman–Crippen LogP) is 10.7. The summed E-state index contributed by atoms with van der Waals surface area (Å²) in [5.41, 5.74) is 20.7. The minimum atomic E-state index is -0.359. The van der Waals surface area contributed by atoms with Gasteiger partial charge in [0, 0.05) is 17.3 Å². The fourth-order valence-electron chi connectivity index (χ4n) is 7.14. The molecular weight excluding hydrogens is 583 g/mol. The van der Waals surface area contributed by atoms with Gasteiger partial charge in [-0.25, -0.2) is 0 Å². The molecule has 0 bridgehead atoms. The fraction of sp³-hybridized carbons (Fsp3) is 0.133. The molecule has 0 amide bonds. The maximum atomic E-state index is 7.79. The number of hydrogen-bond acceptors (Lipinski definition) is 3. The lowest BCUT2D eigenvalue weighted by Gasteiger charge is -2.22. The van der Waals surface area contributed by atoms with E-state index in [1.165, 1.54) is 55.9 Å². The minimum Gasteiger partial charge on any atom is -0.366 e. The van der Waals surface area contributed by atoms with Crippen molar-refractivity contribution in [3.8, 4) is 22.3 Å². The van der Waals surface area contributed by atoms with E-state index in [4.69, 9.17) is 11.1 Å². The van der Waals surface area contributed by atoms with Crippen molar-refractivity contribution in [2.75, 3.05) is 0 Å². The first kappa shape index (κ1) is 31.1. The van der Waals surface area contributed by atoms with Crippen LogP contribution in [0, 0.1) is 5.41 Å². The van der Waals surface area contributed by atoms with E-state index in [0.717, 1.165) is 34.4 Å². The maximum absolute atomic E-state index is 7.79. The van der Waals surface area contributed by atoms with Crippen LogP contribution in [0.1, 0.15) is 60.3 Å². The lowest BCUT2D eigenvalue weighted by atomic mass is 9.81. The molecule has 0 heterocycles. The first-order valence-corrected chi connectivity index (χ1v) is 16.7. The van der Waals surface area contributed by atoms with E-state index in [0.29, 0.717) is 0 Å². The average Bonchev–Trinajstić information content (AvgIpc) is 3.35. The molecule has 1 unspecified atom stereocenters. The Bertz CT molecular complexity index is 2190. The molecule has 1 aliphatic carbocycles. The average molecular weight is 624 g/mol. The molecule has 0 aliphatic heterocycles. The number of nitrogens with one attached hydrogen (secondary N) is 2. The monoisotopic (exact) mass is 623 g/mol. The third-order valence-electron chi connectivity index (χ3n) is 9.81. The van der Waals surface area contributed by atoms with Gasteiger partial charge in [-0.15, -0.1) is 0 Å². The van der Waals surface area contributed by atoms with Crippen molar-refractivity contribution in [3.05, 3.63) is 179 Å². The second kappa shape index (κ2) is 12.9. The van der Waals surface area contributed by atoms with E-state index in [1.807, 2.05) is 31.2 Å². The Morgan fingerprint density at radius 3 is 2.17 bits per heavy atom. The maximum Gasteiger partial charge on any atom is 0.101 e. The third kappa shape index (κ3) is 5.78. The Kier molecular flexibility index (Phi) is 8.39. The van der Waals surface area contributed by atoms with E-state index in [-0.39, 0.29) is 11.6 Å². The lowest BCUT2D eigenvalue weighted by Crippen LogP contribution is -2.27. The van der Waals surface area contributed by atoms with Crippen LogP contribution < -0.4 is 11.1 Å². The summed E-state index contributed by atoms with van der Waals surface area (Å²) in [6.45, 7) is 6.66. The Morgan fingerprint density at radius 1 is 0.729 bits per heavy atom. The second-order valence-electron chi connectivity index (χ2n) is 13.1. The van der Waals surface area contributed by atoms with Crippen LogP contribution in [0.15, 0.2) is 146 Å². The van der Waals surface area contributed by atoms with Gasteiger partial charge >= 0.3 is 0 Å². The van der Waals surface area contributed by atoms with Gasteiger partial charge in [0.2, 0.25) is 0 Å². The normalized spacial score (nSPS) is 14.3. The van der Waals surface area contributed by atoms with Crippen molar-refractivity contribution in [3.63, 3.8) is 0 Å². The Labute approximate surface area is 284 Å². The Balaban J connectivity index is 1.26. The minimum absolute atomic E-state index is 0.0816. The number of fused-ring (bicyclic) bond motifs is 4. The van der Waals surface area contributed by atoms with Crippen molar-refractivity contribution in [2.24, 2.45) is 5.73 Å². The van der Waals surface area contributed by atoms with Gasteiger partial charge in [-0.1, -0.05) is 147 Å². The highest BCUT2D eigenvalue weighted by molar-refractivity contribution is 6.08. The molecule has 1 aliphatic rings. The van der Waals surface area contributed by atoms with Crippen LogP contribution in [0.25, 0.3) is 44.3 Å². The quantitative estimate of drug-likeness (QED) is 0.111.